The van der Waals surface area contributed by atoms with Gasteiger partial charge < -0.3 is 5.73 Å². The summed E-state index contributed by atoms with van der Waals surface area (Å²) in [5.74, 6) is 0. The van der Waals surface area contributed by atoms with E-state index in [-0.39, 0.29) is 17.8 Å². The van der Waals surface area contributed by atoms with Gasteiger partial charge in [-0.15, -0.1) is 12.4 Å². The first-order chi connectivity index (χ1) is 11.0. The van der Waals surface area contributed by atoms with Crippen molar-refractivity contribution in [3.63, 3.8) is 0 Å². The summed E-state index contributed by atoms with van der Waals surface area (Å²) < 4.78 is 2.14. The van der Waals surface area contributed by atoms with E-state index >= 15 is 0 Å². The molecule has 0 spiro atoms. The van der Waals surface area contributed by atoms with E-state index in [1.54, 1.807) is 0 Å². The lowest BCUT2D eigenvalue weighted by Crippen LogP contribution is -2.31. The minimum Gasteiger partial charge on any atom is -0.330 e. The van der Waals surface area contributed by atoms with Gasteiger partial charge in [0.15, 0.2) is 0 Å². The molecular weight excluding hydrogens is 320 g/mol. The zero-order valence-electron chi connectivity index (χ0n) is 15.0. The fraction of sp³-hybridized carbons (Fsp3) is 0.526. The summed E-state index contributed by atoms with van der Waals surface area (Å²) in [6, 6.07) is 10.5. The van der Waals surface area contributed by atoms with Crippen molar-refractivity contribution < 1.29 is 0 Å². The Kier molecular flexibility index (Phi) is 6.07. The van der Waals surface area contributed by atoms with E-state index in [2.05, 4.69) is 60.7 Å². The lowest BCUT2D eigenvalue weighted by atomic mass is 9.90. The van der Waals surface area contributed by atoms with Crippen molar-refractivity contribution in [3.8, 4) is 0 Å². The molecule has 1 aliphatic rings. The van der Waals surface area contributed by atoms with Crippen LogP contribution < -0.4 is 5.73 Å². The number of likely N-dealkylation sites (tertiary alicyclic amines) is 1. The van der Waals surface area contributed by atoms with Gasteiger partial charge in [-0.2, -0.15) is 5.10 Å². The maximum atomic E-state index is 5.93. The molecule has 0 aliphatic carbocycles. The van der Waals surface area contributed by atoms with Gasteiger partial charge in [-0.25, -0.2) is 0 Å². The zero-order valence-corrected chi connectivity index (χ0v) is 15.8. The van der Waals surface area contributed by atoms with Crippen molar-refractivity contribution in [2.45, 2.75) is 40.3 Å². The summed E-state index contributed by atoms with van der Waals surface area (Å²) in [5.41, 5.74) is 11.3. The molecule has 0 saturated carbocycles. The molecule has 1 unspecified atom stereocenters. The van der Waals surface area contributed by atoms with Crippen molar-refractivity contribution in [1.82, 2.24) is 14.7 Å². The van der Waals surface area contributed by atoms with Gasteiger partial charge in [-0.05, 0) is 44.3 Å². The highest BCUT2D eigenvalue weighted by Crippen LogP contribution is 2.30. The highest BCUT2D eigenvalue weighted by Gasteiger charge is 2.32. The van der Waals surface area contributed by atoms with Crippen LogP contribution in [0.1, 0.15) is 35.9 Å². The van der Waals surface area contributed by atoms with E-state index in [1.807, 2.05) is 0 Å². The van der Waals surface area contributed by atoms with Gasteiger partial charge in [0, 0.05) is 24.3 Å². The van der Waals surface area contributed by atoms with E-state index in [0.29, 0.717) is 0 Å². The first-order valence-electron chi connectivity index (χ1n) is 8.50. The quantitative estimate of drug-likeness (QED) is 0.903. The number of rotatable bonds is 5. The second-order valence-electron chi connectivity index (χ2n) is 7.27. The highest BCUT2D eigenvalue weighted by molar-refractivity contribution is 5.85. The summed E-state index contributed by atoms with van der Waals surface area (Å²) in [5, 5.41) is 4.77. The Bertz CT molecular complexity index is 668. The Balaban J connectivity index is 0.00000208. The third-order valence-corrected chi connectivity index (χ3v) is 5.22. The number of hydrogen-bond donors (Lipinski definition) is 1. The van der Waals surface area contributed by atoms with Crippen molar-refractivity contribution in [2.75, 3.05) is 19.6 Å². The van der Waals surface area contributed by atoms with Crippen LogP contribution >= 0.6 is 12.4 Å². The topological polar surface area (TPSA) is 47.1 Å². The Morgan fingerprint density at radius 1 is 1.17 bits per heavy atom. The fourth-order valence-corrected chi connectivity index (χ4v) is 3.52. The number of nitrogens with two attached hydrogens (primary N) is 1. The van der Waals surface area contributed by atoms with E-state index in [1.165, 1.54) is 23.2 Å². The van der Waals surface area contributed by atoms with Gasteiger partial charge in [0.1, 0.15) is 0 Å². The zero-order chi connectivity index (χ0) is 16.4. The molecule has 0 radical (unpaired) electrons. The average Bonchev–Trinajstić information content (AvgIpc) is 3.05. The number of hydrogen-bond acceptors (Lipinski definition) is 3. The molecule has 1 fully saturated rings. The summed E-state index contributed by atoms with van der Waals surface area (Å²) in [7, 11) is 0. The molecule has 0 amide bonds. The van der Waals surface area contributed by atoms with Crippen LogP contribution in [0.15, 0.2) is 30.3 Å². The van der Waals surface area contributed by atoms with Crippen LogP contribution in [-0.4, -0.2) is 34.3 Å². The van der Waals surface area contributed by atoms with Gasteiger partial charge in [0.05, 0.1) is 12.2 Å². The molecule has 1 aliphatic heterocycles. The summed E-state index contributed by atoms with van der Waals surface area (Å²) in [4.78, 5) is 2.52. The average molecular weight is 349 g/mol. The van der Waals surface area contributed by atoms with Gasteiger partial charge in [0.2, 0.25) is 0 Å². The summed E-state index contributed by atoms with van der Waals surface area (Å²) in [6.07, 6.45) is 1.19. The molecule has 1 aromatic carbocycles. The number of nitrogens with zero attached hydrogens (tertiary/aromatic N) is 3. The predicted octanol–water partition coefficient (Wildman–Crippen LogP) is 3.14. The minimum absolute atomic E-state index is 0. The standard InChI is InChI=1S/C19H28N4.ClH/c1-15-18(12-22-10-9-19(3,13-20)14-22)16(2)23(21-15)11-17-7-5-4-6-8-17;/h4-8H,9-14,20H2,1-3H3;1H. The molecule has 4 nitrogen and oxygen atoms in total. The first kappa shape index (κ1) is 19.0. The van der Waals surface area contributed by atoms with Crippen LogP contribution in [-0.2, 0) is 13.1 Å². The van der Waals surface area contributed by atoms with Crippen molar-refractivity contribution >= 4 is 12.4 Å². The molecular formula is C19H29ClN4. The van der Waals surface area contributed by atoms with Gasteiger partial charge in [-0.3, -0.25) is 9.58 Å². The maximum Gasteiger partial charge on any atom is 0.0662 e. The third kappa shape index (κ3) is 4.00. The molecule has 2 aromatic rings. The normalized spacial score (nSPS) is 21.0. The molecule has 1 saturated heterocycles. The lowest BCUT2D eigenvalue weighted by Gasteiger charge is -2.22. The SMILES string of the molecule is Cc1nn(Cc2ccccc2)c(C)c1CN1CCC(C)(CN)C1.Cl. The Hall–Kier alpha value is -1.36. The van der Waals surface area contributed by atoms with Crippen molar-refractivity contribution in [3.05, 3.63) is 52.8 Å². The minimum atomic E-state index is 0. The van der Waals surface area contributed by atoms with Crippen LogP contribution in [0.25, 0.3) is 0 Å². The molecule has 3 rings (SSSR count). The monoisotopic (exact) mass is 348 g/mol. The summed E-state index contributed by atoms with van der Waals surface area (Å²) >= 11 is 0. The van der Waals surface area contributed by atoms with Crippen LogP contribution in [0.4, 0.5) is 0 Å². The molecule has 24 heavy (non-hydrogen) atoms. The van der Waals surface area contributed by atoms with Crippen LogP contribution in [0.3, 0.4) is 0 Å². The van der Waals surface area contributed by atoms with Gasteiger partial charge in [0.25, 0.3) is 0 Å². The number of benzene rings is 1. The second-order valence-corrected chi connectivity index (χ2v) is 7.27. The predicted molar refractivity (Wildman–Crippen MR) is 102 cm³/mol. The molecule has 1 atom stereocenters. The maximum absolute atomic E-state index is 5.93. The van der Waals surface area contributed by atoms with Crippen LogP contribution in [0.2, 0.25) is 0 Å². The molecule has 2 N–H and O–H groups in total. The first-order valence-corrected chi connectivity index (χ1v) is 8.50. The molecule has 1 aromatic heterocycles. The Morgan fingerprint density at radius 3 is 2.50 bits per heavy atom. The Morgan fingerprint density at radius 2 is 1.88 bits per heavy atom. The van der Waals surface area contributed by atoms with E-state index in [4.69, 9.17) is 10.8 Å². The largest absolute Gasteiger partial charge is 0.330 e. The molecule has 132 valence electrons. The Labute approximate surface area is 151 Å². The smallest absolute Gasteiger partial charge is 0.0662 e. The number of aromatic nitrogens is 2. The highest BCUT2D eigenvalue weighted by atomic mass is 35.5. The van der Waals surface area contributed by atoms with Crippen molar-refractivity contribution in [1.29, 1.82) is 0 Å². The number of halogens is 1. The number of aryl methyl sites for hydroxylation is 1. The fourth-order valence-electron chi connectivity index (χ4n) is 3.52. The molecule has 0 bridgehead atoms. The lowest BCUT2D eigenvalue weighted by molar-refractivity contribution is 0.273. The van der Waals surface area contributed by atoms with Crippen LogP contribution in [0, 0.1) is 19.3 Å². The summed E-state index contributed by atoms with van der Waals surface area (Å²) in [6.45, 7) is 11.4. The molecule has 5 heteroatoms. The van der Waals surface area contributed by atoms with Crippen molar-refractivity contribution in [2.24, 2.45) is 11.1 Å². The van der Waals surface area contributed by atoms with E-state index in [0.717, 1.165) is 38.4 Å². The van der Waals surface area contributed by atoms with Crippen LogP contribution in [0.5, 0.6) is 0 Å². The van der Waals surface area contributed by atoms with Gasteiger partial charge in [-0.1, -0.05) is 37.3 Å². The van der Waals surface area contributed by atoms with Gasteiger partial charge >= 0.3 is 0 Å². The second kappa shape index (κ2) is 7.68. The van der Waals surface area contributed by atoms with E-state index < -0.39 is 0 Å². The molecule has 2 heterocycles. The third-order valence-electron chi connectivity index (χ3n) is 5.22. The van der Waals surface area contributed by atoms with E-state index in [9.17, 15) is 0 Å².